The molecule has 23 heavy (non-hydrogen) atoms. The summed E-state index contributed by atoms with van der Waals surface area (Å²) in [6, 6.07) is 7.72. The van der Waals surface area contributed by atoms with Crippen LogP contribution in [0.4, 0.5) is 0 Å². The third kappa shape index (κ3) is 3.29. The summed E-state index contributed by atoms with van der Waals surface area (Å²) in [5.41, 5.74) is 1.89. The zero-order chi connectivity index (χ0) is 16.3. The van der Waals surface area contributed by atoms with Crippen molar-refractivity contribution in [3.63, 3.8) is 0 Å². The first-order valence-corrected chi connectivity index (χ1v) is 8.81. The van der Waals surface area contributed by atoms with Gasteiger partial charge in [-0.2, -0.15) is 0 Å². The van der Waals surface area contributed by atoms with Crippen LogP contribution in [0, 0.1) is 5.41 Å². The number of benzene rings is 1. The fraction of sp³-hybridized carbons (Fsp3) is 0.632. The first-order valence-electron chi connectivity index (χ1n) is 8.81. The lowest BCUT2D eigenvalue weighted by Gasteiger charge is -2.30. The zero-order valence-electron chi connectivity index (χ0n) is 13.9. The largest absolute Gasteiger partial charge is 0.390 e. The number of rotatable bonds is 6. The van der Waals surface area contributed by atoms with Gasteiger partial charge in [-0.3, -0.25) is 4.79 Å². The molecule has 4 nitrogen and oxygen atoms in total. The molecule has 1 aromatic rings. The van der Waals surface area contributed by atoms with Crippen molar-refractivity contribution >= 4 is 5.91 Å². The molecule has 1 aromatic carbocycles. The van der Waals surface area contributed by atoms with Gasteiger partial charge < -0.3 is 15.2 Å². The molecule has 2 aliphatic carbocycles. The minimum absolute atomic E-state index is 0.0930. The summed E-state index contributed by atoms with van der Waals surface area (Å²) in [7, 11) is 0. The van der Waals surface area contributed by atoms with Crippen molar-refractivity contribution in [2.75, 3.05) is 13.2 Å². The van der Waals surface area contributed by atoms with Crippen LogP contribution in [0.25, 0.3) is 0 Å². The zero-order valence-corrected chi connectivity index (χ0v) is 13.9. The van der Waals surface area contributed by atoms with E-state index in [1.54, 1.807) is 0 Å². The normalized spacial score (nSPS) is 25.3. The number of carbonyl (C=O) groups is 1. The van der Waals surface area contributed by atoms with Crippen LogP contribution in [0.2, 0.25) is 0 Å². The average Bonchev–Trinajstić information content (AvgIpc) is 3.14. The second-order valence-corrected chi connectivity index (χ2v) is 6.86. The summed E-state index contributed by atoms with van der Waals surface area (Å²) in [6.07, 6.45) is 4.92. The fourth-order valence-corrected chi connectivity index (χ4v) is 4.10. The summed E-state index contributed by atoms with van der Waals surface area (Å²) in [4.78, 5) is 13.0. The van der Waals surface area contributed by atoms with E-state index in [1.165, 1.54) is 0 Å². The molecule has 0 radical (unpaired) electrons. The van der Waals surface area contributed by atoms with Crippen LogP contribution in [0.1, 0.15) is 56.2 Å². The third-order valence-corrected chi connectivity index (χ3v) is 5.46. The lowest BCUT2D eigenvalue weighted by atomic mass is 9.81. The van der Waals surface area contributed by atoms with Gasteiger partial charge in [-0.15, -0.1) is 0 Å². The highest BCUT2D eigenvalue weighted by molar-refractivity contribution is 5.83. The number of aliphatic hydroxyl groups excluding tert-OH is 1. The van der Waals surface area contributed by atoms with Crippen molar-refractivity contribution in [3.8, 4) is 0 Å². The molecule has 2 unspecified atom stereocenters. The van der Waals surface area contributed by atoms with E-state index in [-0.39, 0.29) is 17.4 Å². The number of hydrogen-bond acceptors (Lipinski definition) is 3. The molecule has 2 aliphatic rings. The molecule has 2 N–H and O–H groups in total. The van der Waals surface area contributed by atoms with Crippen molar-refractivity contribution in [1.29, 1.82) is 0 Å². The molecule has 0 aliphatic heterocycles. The van der Waals surface area contributed by atoms with E-state index >= 15 is 0 Å². The van der Waals surface area contributed by atoms with Crippen molar-refractivity contribution in [2.24, 2.45) is 5.41 Å². The molecule has 4 heteroatoms. The van der Waals surface area contributed by atoms with Crippen LogP contribution < -0.4 is 5.32 Å². The maximum absolute atomic E-state index is 13.0. The third-order valence-electron chi connectivity index (χ3n) is 5.46. The monoisotopic (exact) mass is 317 g/mol. The highest BCUT2D eigenvalue weighted by Crippen LogP contribution is 2.42. The van der Waals surface area contributed by atoms with Crippen molar-refractivity contribution in [3.05, 3.63) is 35.4 Å². The molecule has 1 saturated carbocycles. The molecule has 1 amide bonds. The Labute approximate surface area is 138 Å². The predicted octanol–water partition coefficient (Wildman–Crippen LogP) is 2.75. The summed E-state index contributed by atoms with van der Waals surface area (Å²) in [6.45, 7) is 3.30. The molecule has 2 atom stereocenters. The molecule has 3 rings (SSSR count). The van der Waals surface area contributed by atoms with Crippen molar-refractivity contribution in [1.82, 2.24) is 5.32 Å². The number of nitrogens with one attached hydrogen (secondary N) is 1. The van der Waals surface area contributed by atoms with E-state index in [4.69, 9.17) is 4.74 Å². The van der Waals surface area contributed by atoms with E-state index in [9.17, 15) is 9.90 Å². The molecule has 0 heterocycles. The van der Waals surface area contributed by atoms with Gasteiger partial charge in [0.25, 0.3) is 0 Å². The second kappa shape index (κ2) is 7.02. The number of hydrogen-bond donors (Lipinski definition) is 2. The molecule has 0 bridgehead atoms. The van der Waals surface area contributed by atoms with Gasteiger partial charge >= 0.3 is 0 Å². The second-order valence-electron chi connectivity index (χ2n) is 6.86. The number of ether oxygens (including phenoxy) is 1. The molecule has 1 fully saturated rings. The minimum Gasteiger partial charge on any atom is -0.390 e. The topological polar surface area (TPSA) is 58.6 Å². The maximum atomic E-state index is 13.0. The van der Waals surface area contributed by atoms with Gasteiger partial charge in [0.2, 0.25) is 5.91 Å². The molecule has 126 valence electrons. The number of fused-ring (bicyclic) bond motifs is 1. The Kier molecular flexibility index (Phi) is 5.02. The Morgan fingerprint density at radius 2 is 2.09 bits per heavy atom. The van der Waals surface area contributed by atoms with E-state index in [0.29, 0.717) is 19.6 Å². The van der Waals surface area contributed by atoms with Gasteiger partial charge in [0.1, 0.15) is 0 Å². The highest BCUT2D eigenvalue weighted by atomic mass is 16.5. The Bertz CT molecular complexity index is 551. The van der Waals surface area contributed by atoms with Crippen LogP contribution in [0.5, 0.6) is 0 Å². The Morgan fingerprint density at radius 1 is 1.35 bits per heavy atom. The number of aliphatic hydroxyl groups is 1. The lowest BCUT2D eigenvalue weighted by molar-refractivity contribution is -0.133. The number of amides is 1. The Balaban J connectivity index is 1.72. The van der Waals surface area contributed by atoms with Crippen LogP contribution in [0.3, 0.4) is 0 Å². The van der Waals surface area contributed by atoms with Crippen molar-refractivity contribution in [2.45, 2.75) is 57.6 Å². The van der Waals surface area contributed by atoms with Gasteiger partial charge in [-0.25, -0.2) is 0 Å². The van der Waals surface area contributed by atoms with Gasteiger partial charge in [-0.05, 0) is 37.3 Å². The van der Waals surface area contributed by atoms with Gasteiger partial charge in [0.15, 0.2) is 0 Å². The quantitative estimate of drug-likeness (QED) is 0.793. The standard InChI is InChI=1S/C19H27NO3/c1-2-23-12-11-19(9-5-6-10-19)18(22)20-17-15-8-4-3-7-14(15)13-16(17)21/h3-4,7-8,16-17,21H,2,5-6,9-13H2,1H3,(H,20,22). The van der Waals surface area contributed by atoms with Gasteiger partial charge in [0.05, 0.1) is 17.6 Å². The first-order chi connectivity index (χ1) is 11.2. The molecular formula is C19H27NO3. The van der Waals surface area contributed by atoms with Crippen molar-refractivity contribution < 1.29 is 14.6 Å². The summed E-state index contributed by atoms with van der Waals surface area (Å²) in [5, 5.41) is 13.5. The average molecular weight is 317 g/mol. The van der Waals surface area contributed by atoms with Crippen LogP contribution in [0.15, 0.2) is 24.3 Å². The fourth-order valence-electron chi connectivity index (χ4n) is 4.10. The molecular weight excluding hydrogens is 290 g/mol. The van der Waals surface area contributed by atoms with E-state index in [2.05, 4.69) is 5.32 Å². The number of carbonyl (C=O) groups excluding carboxylic acids is 1. The summed E-state index contributed by atoms with van der Waals surface area (Å²) in [5.74, 6) is 0.0930. The maximum Gasteiger partial charge on any atom is 0.226 e. The molecule has 0 saturated heterocycles. The lowest BCUT2D eigenvalue weighted by Crippen LogP contribution is -2.44. The Morgan fingerprint density at radius 3 is 2.83 bits per heavy atom. The summed E-state index contributed by atoms with van der Waals surface area (Å²) < 4.78 is 5.49. The Hall–Kier alpha value is -1.39. The SMILES string of the molecule is CCOCCC1(C(=O)NC2c3ccccc3CC2O)CCCC1. The summed E-state index contributed by atoms with van der Waals surface area (Å²) >= 11 is 0. The van der Waals surface area contributed by atoms with E-state index in [0.717, 1.165) is 43.2 Å². The molecule has 0 spiro atoms. The van der Waals surface area contributed by atoms with E-state index in [1.807, 2.05) is 31.2 Å². The van der Waals surface area contributed by atoms with E-state index < -0.39 is 6.10 Å². The highest BCUT2D eigenvalue weighted by Gasteiger charge is 2.43. The smallest absolute Gasteiger partial charge is 0.226 e. The minimum atomic E-state index is -0.526. The predicted molar refractivity (Wildman–Crippen MR) is 89.0 cm³/mol. The van der Waals surface area contributed by atoms with Gasteiger partial charge in [-0.1, -0.05) is 37.1 Å². The van der Waals surface area contributed by atoms with Crippen LogP contribution in [-0.2, 0) is 16.0 Å². The van der Waals surface area contributed by atoms with Gasteiger partial charge in [0, 0.05) is 19.6 Å². The first kappa shape index (κ1) is 16.5. The van der Waals surface area contributed by atoms with Crippen LogP contribution in [-0.4, -0.2) is 30.3 Å². The molecule has 0 aromatic heterocycles. The van der Waals surface area contributed by atoms with Crippen LogP contribution >= 0.6 is 0 Å².